The lowest BCUT2D eigenvalue weighted by atomic mass is 10.0. The lowest BCUT2D eigenvalue weighted by molar-refractivity contribution is -0.355. The van der Waals surface area contributed by atoms with Gasteiger partial charge in [0.15, 0.2) is 0 Å². The highest BCUT2D eigenvalue weighted by molar-refractivity contribution is 8.00. The molecule has 0 amide bonds. The van der Waals surface area contributed by atoms with E-state index < -0.39 is 42.1 Å². The van der Waals surface area contributed by atoms with Crippen LogP contribution in [0.15, 0.2) is 0 Å². The van der Waals surface area contributed by atoms with Crippen molar-refractivity contribution in [1.29, 1.82) is 0 Å². The number of unbranched alkanes of at least 4 members (excludes halogenated alkanes) is 2. The lowest BCUT2D eigenvalue weighted by Crippen LogP contribution is -2.51. The van der Waals surface area contributed by atoms with Crippen LogP contribution in [0.1, 0.15) is 58.8 Å². The highest BCUT2D eigenvalue weighted by atomic mass is 32.2. The fourth-order valence-corrected chi connectivity index (χ4v) is 3.19. The maximum atomic E-state index is 13.2. The first-order chi connectivity index (χ1) is 11.9. The molecule has 0 radical (unpaired) electrons. The Labute approximate surface area is 153 Å². The highest BCUT2D eigenvalue weighted by Gasteiger charge is 2.72. The molecule has 0 aliphatic carbocycles. The van der Waals surface area contributed by atoms with E-state index in [-0.39, 0.29) is 18.8 Å². The van der Waals surface area contributed by atoms with Crippen LogP contribution in [0.2, 0.25) is 0 Å². The SMILES string of the molecule is CCCCC(SCCCCC(F)(F)C(F)(F)C(F)(F)F)C(=O)OCCC. The van der Waals surface area contributed by atoms with Gasteiger partial charge >= 0.3 is 24.0 Å². The second kappa shape index (κ2) is 11.2. The Hall–Kier alpha value is -0.670. The standard InChI is InChI=1S/C16H25F7O2S/c1-3-5-8-12(13(24)25-10-4-2)26-11-7-6-9-14(17,18)15(19,20)16(21,22)23/h12H,3-11H2,1-2H3. The molecule has 0 N–H and O–H groups in total. The minimum atomic E-state index is -6.29. The summed E-state index contributed by atoms with van der Waals surface area (Å²) < 4.78 is 93.0. The van der Waals surface area contributed by atoms with Crippen LogP contribution >= 0.6 is 11.8 Å². The van der Waals surface area contributed by atoms with Gasteiger partial charge in [-0.25, -0.2) is 0 Å². The average molecular weight is 414 g/mol. The third kappa shape index (κ3) is 7.92. The first-order valence-corrected chi connectivity index (χ1v) is 9.56. The van der Waals surface area contributed by atoms with Crippen LogP contribution in [0.25, 0.3) is 0 Å². The molecule has 0 fully saturated rings. The van der Waals surface area contributed by atoms with E-state index in [4.69, 9.17) is 4.74 Å². The summed E-state index contributed by atoms with van der Waals surface area (Å²) in [7, 11) is 0. The molecule has 26 heavy (non-hydrogen) atoms. The molecule has 0 aliphatic heterocycles. The summed E-state index contributed by atoms with van der Waals surface area (Å²) >= 11 is 1.15. The summed E-state index contributed by atoms with van der Waals surface area (Å²) in [4.78, 5) is 11.9. The van der Waals surface area contributed by atoms with Gasteiger partial charge in [-0.15, -0.1) is 11.8 Å². The third-order valence-corrected chi connectivity index (χ3v) is 4.91. The first kappa shape index (κ1) is 25.3. The predicted molar refractivity (Wildman–Crippen MR) is 86.8 cm³/mol. The molecule has 0 heterocycles. The summed E-state index contributed by atoms with van der Waals surface area (Å²) in [6, 6.07) is 0. The van der Waals surface area contributed by atoms with E-state index >= 15 is 0 Å². The molecule has 2 nitrogen and oxygen atoms in total. The normalized spacial score (nSPS) is 14.3. The van der Waals surface area contributed by atoms with Crippen molar-refractivity contribution in [3.63, 3.8) is 0 Å². The number of halogens is 7. The van der Waals surface area contributed by atoms with Gasteiger partial charge in [0.1, 0.15) is 5.25 Å². The van der Waals surface area contributed by atoms with Crippen LogP contribution in [0.4, 0.5) is 30.7 Å². The van der Waals surface area contributed by atoms with Crippen molar-refractivity contribution in [2.75, 3.05) is 12.4 Å². The Balaban J connectivity index is 4.41. The second-order valence-corrected chi connectivity index (χ2v) is 7.21. The Morgan fingerprint density at radius 2 is 1.58 bits per heavy atom. The summed E-state index contributed by atoms with van der Waals surface area (Å²) in [6.07, 6.45) is -5.58. The molecular weight excluding hydrogens is 389 g/mol. The van der Waals surface area contributed by atoms with Gasteiger partial charge in [-0.05, 0) is 31.4 Å². The van der Waals surface area contributed by atoms with Crippen LogP contribution in [-0.4, -0.2) is 41.6 Å². The van der Waals surface area contributed by atoms with Gasteiger partial charge in [0.05, 0.1) is 6.61 Å². The van der Waals surface area contributed by atoms with Crippen molar-refractivity contribution in [1.82, 2.24) is 0 Å². The zero-order valence-electron chi connectivity index (χ0n) is 14.8. The van der Waals surface area contributed by atoms with Crippen LogP contribution < -0.4 is 0 Å². The Morgan fingerprint density at radius 3 is 2.08 bits per heavy atom. The minimum absolute atomic E-state index is 0.00211. The fourth-order valence-electron chi connectivity index (χ4n) is 1.99. The first-order valence-electron chi connectivity index (χ1n) is 8.51. The Bertz CT molecular complexity index is 414. The number of esters is 1. The van der Waals surface area contributed by atoms with E-state index in [9.17, 15) is 35.5 Å². The molecule has 0 spiro atoms. The molecule has 0 bridgehead atoms. The molecular formula is C16H25F7O2S. The number of hydrogen-bond acceptors (Lipinski definition) is 3. The molecule has 0 rings (SSSR count). The predicted octanol–water partition coefficient (Wildman–Crippen LogP) is 6.23. The van der Waals surface area contributed by atoms with Crippen LogP contribution in [0.5, 0.6) is 0 Å². The van der Waals surface area contributed by atoms with Crippen molar-refractivity contribution in [3.05, 3.63) is 0 Å². The van der Waals surface area contributed by atoms with Crippen molar-refractivity contribution in [3.8, 4) is 0 Å². The average Bonchev–Trinajstić information content (AvgIpc) is 2.53. The van der Waals surface area contributed by atoms with Crippen molar-refractivity contribution < 1.29 is 40.3 Å². The van der Waals surface area contributed by atoms with Crippen LogP contribution in [-0.2, 0) is 9.53 Å². The molecule has 0 saturated heterocycles. The van der Waals surface area contributed by atoms with Gasteiger partial charge in [-0.3, -0.25) is 4.79 Å². The zero-order chi connectivity index (χ0) is 20.4. The maximum Gasteiger partial charge on any atom is 0.459 e. The molecule has 1 unspecified atom stereocenters. The van der Waals surface area contributed by atoms with E-state index in [0.29, 0.717) is 12.8 Å². The van der Waals surface area contributed by atoms with E-state index in [1.807, 2.05) is 13.8 Å². The van der Waals surface area contributed by atoms with E-state index in [1.165, 1.54) is 0 Å². The number of alkyl halides is 7. The summed E-state index contributed by atoms with van der Waals surface area (Å²) in [5, 5.41) is -0.487. The smallest absolute Gasteiger partial charge is 0.459 e. The second-order valence-electron chi connectivity index (χ2n) is 5.90. The minimum Gasteiger partial charge on any atom is -0.465 e. The van der Waals surface area contributed by atoms with Crippen LogP contribution in [0.3, 0.4) is 0 Å². The Morgan fingerprint density at radius 1 is 0.962 bits per heavy atom. The van der Waals surface area contributed by atoms with Gasteiger partial charge in [0, 0.05) is 6.42 Å². The molecule has 10 heteroatoms. The molecule has 0 aliphatic rings. The van der Waals surface area contributed by atoms with Crippen molar-refractivity contribution in [2.24, 2.45) is 0 Å². The molecule has 0 aromatic carbocycles. The Kier molecular flexibility index (Phi) is 10.9. The molecule has 0 aromatic rings. The fraction of sp³-hybridized carbons (Fsp3) is 0.938. The highest BCUT2D eigenvalue weighted by Crippen LogP contribution is 2.48. The topological polar surface area (TPSA) is 26.3 Å². The number of hydrogen-bond donors (Lipinski definition) is 0. The van der Waals surface area contributed by atoms with Gasteiger partial charge in [-0.1, -0.05) is 26.7 Å². The maximum absolute atomic E-state index is 13.2. The van der Waals surface area contributed by atoms with E-state index in [1.54, 1.807) is 0 Å². The molecule has 0 saturated carbocycles. The van der Waals surface area contributed by atoms with E-state index in [0.717, 1.165) is 24.6 Å². The van der Waals surface area contributed by atoms with Gasteiger partial charge < -0.3 is 4.74 Å². The zero-order valence-corrected chi connectivity index (χ0v) is 15.6. The monoisotopic (exact) mass is 414 g/mol. The summed E-state index contributed by atoms with van der Waals surface area (Å²) in [5.74, 6) is -11.4. The third-order valence-electron chi connectivity index (χ3n) is 3.55. The van der Waals surface area contributed by atoms with Gasteiger partial charge in [-0.2, -0.15) is 30.7 Å². The number of carbonyl (C=O) groups is 1. The molecule has 0 aromatic heterocycles. The van der Waals surface area contributed by atoms with Crippen molar-refractivity contribution >= 4 is 17.7 Å². The number of rotatable bonds is 13. The quantitative estimate of drug-likeness (QED) is 0.203. The van der Waals surface area contributed by atoms with Gasteiger partial charge in [0.25, 0.3) is 0 Å². The number of ether oxygens (including phenoxy) is 1. The lowest BCUT2D eigenvalue weighted by Gasteiger charge is -2.28. The molecule has 156 valence electrons. The molecule has 1 atom stereocenters. The van der Waals surface area contributed by atoms with Gasteiger partial charge in [0.2, 0.25) is 0 Å². The van der Waals surface area contributed by atoms with Crippen molar-refractivity contribution in [2.45, 2.75) is 82.1 Å². The van der Waals surface area contributed by atoms with E-state index in [2.05, 4.69) is 0 Å². The number of thioether (sulfide) groups is 1. The summed E-state index contributed by atoms with van der Waals surface area (Å²) in [5.41, 5.74) is 0. The largest absolute Gasteiger partial charge is 0.465 e. The number of carbonyl (C=O) groups excluding carboxylic acids is 1. The summed E-state index contributed by atoms with van der Waals surface area (Å²) in [6.45, 7) is 4.03. The van der Waals surface area contributed by atoms with Crippen LogP contribution in [0, 0.1) is 0 Å².